The van der Waals surface area contributed by atoms with E-state index in [9.17, 15) is 0 Å². The van der Waals surface area contributed by atoms with E-state index in [-0.39, 0.29) is 5.60 Å². The third-order valence-corrected chi connectivity index (χ3v) is 2.28. The highest BCUT2D eigenvalue weighted by Crippen LogP contribution is 2.30. The minimum atomic E-state index is -0.0187. The van der Waals surface area contributed by atoms with Crippen LogP contribution in [0.1, 0.15) is 33.6 Å². The standard InChI is InChI=1S/C11H19NO/c1-5-6-10-9(12-4)7-8-11(2,3)13-10/h5-6,12H,7-8H2,1-4H3/b6-5-. The van der Waals surface area contributed by atoms with Crippen LogP contribution in [0.15, 0.2) is 23.6 Å². The lowest BCUT2D eigenvalue weighted by Gasteiger charge is -2.33. The SMILES string of the molecule is C/C=C\C1=C(NC)CCC(C)(C)O1. The first-order valence-corrected chi connectivity index (χ1v) is 4.81. The lowest BCUT2D eigenvalue weighted by Crippen LogP contribution is -2.30. The third kappa shape index (κ3) is 2.51. The molecule has 0 aromatic carbocycles. The lowest BCUT2D eigenvalue weighted by atomic mass is 9.97. The van der Waals surface area contributed by atoms with Gasteiger partial charge in [0.05, 0.1) is 5.70 Å². The molecule has 0 amide bonds. The van der Waals surface area contributed by atoms with Crippen LogP contribution in [0.2, 0.25) is 0 Å². The molecule has 13 heavy (non-hydrogen) atoms. The zero-order valence-corrected chi connectivity index (χ0v) is 8.98. The monoisotopic (exact) mass is 181 g/mol. The van der Waals surface area contributed by atoms with Gasteiger partial charge in [-0.1, -0.05) is 6.08 Å². The summed E-state index contributed by atoms with van der Waals surface area (Å²) in [6, 6.07) is 0. The van der Waals surface area contributed by atoms with Crippen molar-refractivity contribution in [3.63, 3.8) is 0 Å². The van der Waals surface area contributed by atoms with E-state index in [2.05, 4.69) is 19.2 Å². The molecule has 0 bridgehead atoms. The molecule has 0 radical (unpaired) electrons. The zero-order chi connectivity index (χ0) is 9.90. The van der Waals surface area contributed by atoms with Gasteiger partial charge in [0.1, 0.15) is 11.4 Å². The molecule has 0 atom stereocenters. The summed E-state index contributed by atoms with van der Waals surface area (Å²) in [6.07, 6.45) is 6.17. The molecule has 0 aromatic heterocycles. The van der Waals surface area contributed by atoms with Gasteiger partial charge in [0.25, 0.3) is 0 Å². The van der Waals surface area contributed by atoms with E-state index < -0.39 is 0 Å². The summed E-state index contributed by atoms with van der Waals surface area (Å²) in [7, 11) is 1.94. The minimum absolute atomic E-state index is 0.0187. The molecule has 0 spiro atoms. The van der Waals surface area contributed by atoms with Gasteiger partial charge in [0.15, 0.2) is 0 Å². The fourth-order valence-corrected chi connectivity index (χ4v) is 1.49. The van der Waals surface area contributed by atoms with Crippen LogP contribution in [0.25, 0.3) is 0 Å². The zero-order valence-electron chi connectivity index (χ0n) is 8.98. The van der Waals surface area contributed by atoms with Crippen LogP contribution in [0.4, 0.5) is 0 Å². The van der Waals surface area contributed by atoms with Gasteiger partial charge in [-0.25, -0.2) is 0 Å². The van der Waals surface area contributed by atoms with E-state index in [4.69, 9.17) is 4.74 Å². The summed E-state index contributed by atoms with van der Waals surface area (Å²) in [5.74, 6) is 0.987. The Morgan fingerprint density at radius 1 is 1.46 bits per heavy atom. The summed E-state index contributed by atoms with van der Waals surface area (Å²) < 4.78 is 5.85. The van der Waals surface area contributed by atoms with E-state index in [0.717, 1.165) is 18.6 Å². The average molecular weight is 181 g/mol. The van der Waals surface area contributed by atoms with Crippen molar-refractivity contribution in [1.29, 1.82) is 0 Å². The van der Waals surface area contributed by atoms with Crippen molar-refractivity contribution >= 4 is 0 Å². The number of allylic oxidation sites excluding steroid dienone is 3. The van der Waals surface area contributed by atoms with Gasteiger partial charge in [0.2, 0.25) is 0 Å². The Hall–Kier alpha value is -0.920. The molecular weight excluding hydrogens is 162 g/mol. The third-order valence-electron chi connectivity index (χ3n) is 2.28. The van der Waals surface area contributed by atoms with Crippen LogP contribution in [0.3, 0.4) is 0 Å². The molecule has 74 valence electrons. The highest BCUT2D eigenvalue weighted by Gasteiger charge is 2.26. The molecule has 2 heteroatoms. The highest BCUT2D eigenvalue weighted by atomic mass is 16.5. The normalized spacial score (nSPS) is 21.8. The van der Waals surface area contributed by atoms with Gasteiger partial charge in [-0.15, -0.1) is 0 Å². The lowest BCUT2D eigenvalue weighted by molar-refractivity contribution is 0.0182. The number of nitrogens with one attached hydrogen (secondary N) is 1. The van der Waals surface area contributed by atoms with Crippen molar-refractivity contribution in [1.82, 2.24) is 5.32 Å². The van der Waals surface area contributed by atoms with Crippen molar-refractivity contribution in [3.8, 4) is 0 Å². The first-order chi connectivity index (χ1) is 6.09. The van der Waals surface area contributed by atoms with Crippen LogP contribution < -0.4 is 5.32 Å². The van der Waals surface area contributed by atoms with Gasteiger partial charge in [-0.05, 0) is 39.7 Å². The van der Waals surface area contributed by atoms with Gasteiger partial charge >= 0.3 is 0 Å². The maximum absolute atomic E-state index is 5.85. The Morgan fingerprint density at radius 3 is 2.69 bits per heavy atom. The first kappa shape index (κ1) is 10.2. The highest BCUT2D eigenvalue weighted by molar-refractivity contribution is 5.21. The molecular formula is C11H19NO. The van der Waals surface area contributed by atoms with E-state index >= 15 is 0 Å². The summed E-state index contributed by atoms with van der Waals surface area (Å²) in [4.78, 5) is 0. The van der Waals surface area contributed by atoms with Crippen LogP contribution in [-0.4, -0.2) is 12.6 Å². The Balaban J connectivity index is 2.86. The predicted molar refractivity (Wildman–Crippen MR) is 55.3 cm³/mol. The van der Waals surface area contributed by atoms with Gasteiger partial charge in [0, 0.05) is 7.05 Å². The molecule has 1 aliphatic heterocycles. The van der Waals surface area contributed by atoms with Gasteiger partial charge in [-0.3, -0.25) is 0 Å². The number of hydrogen-bond donors (Lipinski definition) is 1. The molecule has 0 saturated heterocycles. The number of rotatable bonds is 2. The quantitative estimate of drug-likeness (QED) is 0.707. The van der Waals surface area contributed by atoms with Crippen LogP contribution in [0.5, 0.6) is 0 Å². The molecule has 0 aliphatic carbocycles. The van der Waals surface area contributed by atoms with Crippen molar-refractivity contribution < 1.29 is 4.74 Å². The second kappa shape index (κ2) is 3.86. The molecule has 0 saturated carbocycles. The van der Waals surface area contributed by atoms with Crippen LogP contribution in [-0.2, 0) is 4.74 Å². The molecule has 0 unspecified atom stereocenters. The maximum atomic E-state index is 5.85. The Kier molecular flexibility index (Phi) is 3.02. The van der Waals surface area contributed by atoms with E-state index in [1.165, 1.54) is 5.70 Å². The van der Waals surface area contributed by atoms with E-state index in [1.54, 1.807) is 0 Å². The first-order valence-electron chi connectivity index (χ1n) is 4.81. The number of hydrogen-bond acceptors (Lipinski definition) is 2. The molecule has 1 rings (SSSR count). The van der Waals surface area contributed by atoms with Crippen LogP contribution in [0, 0.1) is 0 Å². The average Bonchev–Trinajstić information content (AvgIpc) is 2.04. The maximum Gasteiger partial charge on any atom is 0.138 e. The molecule has 0 fully saturated rings. The predicted octanol–water partition coefficient (Wildman–Crippen LogP) is 2.58. The molecule has 1 aliphatic rings. The van der Waals surface area contributed by atoms with Crippen molar-refractivity contribution in [2.24, 2.45) is 0 Å². The minimum Gasteiger partial charge on any atom is -0.486 e. The van der Waals surface area contributed by atoms with E-state index in [0.29, 0.717) is 0 Å². The largest absolute Gasteiger partial charge is 0.486 e. The summed E-state index contributed by atoms with van der Waals surface area (Å²) >= 11 is 0. The van der Waals surface area contributed by atoms with Crippen molar-refractivity contribution in [2.75, 3.05) is 7.05 Å². The Labute approximate surface area is 80.7 Å². The molecule has 2 nitrogen and oxygen atoms in total. The Bertz CT molecular complexity index is 238. The van der Waals surface area contributed by atoms with Gasteiger partial charge in [-0.2, -0.15) is 0 Å². The molecule has 1 N–H and O–H groups in total. The smallest absolute Gasteiger partial charge is 0.138 e. The van der Waals surface area contributed by atoms with E-state index in [1.807, 2.05) is 26.1 Å². The Morgan fingerprint density at radius 2 is 2.15 bits per heavy atom. The van der Waals surface area contributed by atoms with Crippen molar-refractivity contribution in [2.45, 2.75) is 39.2 Å². The summed E-state index contributed by atoms with van der Waals surface area (Å²) in [5.41, 5.74) is 1.19. The topological polar surface area (TPSA) is 21.3 Å². The van der Waals surface area contributed by atoms with Gasteiger partial charge < -0.3 is 10.1 Å². The second-order valence-corrected chi connectivity index (χ2v) is 3.95. The fraction of sp³-hybridized carbons (Fsp3) is 0.636. The van der Waals surface area contributed by atoms with Crippen LogP contribution >= 0.6 is 0 Å². The molecule has 0 aromatic rings. The number of ether oxygens (including phenoxy) is 1. The summed E-state index contributed by atoms with van der Waals surface area (Å²) in [6.45, 7) is 6.26. The second-order valence-electron chi connectivity index (χ2n) is 3.95. The summed E-state index contributed by atoms with van der Waals surface area (Å²) in [5, 5.41) is 3.18. The fourth-order valence-electron chi connectivity index (χ4n) is 1.49. The molecule has 1 heterocycles. The van der Waals surface area contributed by atoms with Crippen molar-refractivity contribution in [3.05, 3.63) is 23.6 Å².